The molecule has 1 aromatic carbocycles. The molecule has 2 atom stereocenters. The van der Waals surface area contributed by atoms with E-state index in [1.165, 1.54) is 0 Å². The van der Waals surface area contributed by atoms with Gasteiger partial charge in [-0.25, -0.2) is 0 Å². The first-order chi connectivity index (χ1) is 9.25. The molecule has 19 heavy (non-hydrogen) atoms. The molecule has 0 amide bonds. The topological polar surface area (TPSA) is 47.7 Å². The van der Waals surface area contributed by atoms with Gasteiger partial charge >= 0.3 is 0 Å². The fourth-order valence-electron chi connectivity index (χ4n) is 2.77. The standard InChI is InChI=1S/C14H19ClN2O2/c15-12-3-1-2-11-13(16)10(9-19-14(11)12)8-17-4-6-18-7-5-17/h1-3,10,13H,4-9,16H2. The van der Waals surface area contributed by atoms with E-state index >= 15 is 0 Å². The monoisotopic (exact) mass is 282 g/mol. The Balaban J connectivity index is 1.72. The van der Waals surface area contributed by atoms with Crippen molar-refractivity contribution in [2.45, 2.75) is 6.04 Å². The molecule has 1 aromatic rings. The molecule has 4 nitrogen and oxygen atoms in total. The molecular weight excluding hydrogens is 264 g/mol. The van der Waals surface area contributed by atoms with Crippen LogP contribution in [0.25, 0.3) is 0 Å². The summed E-state index contributed by atoms with van der Waals surface area (Å²) in [4.78, 5) is 2.40. The molecule has 0 aliphatic carbocycles. The number of fused-ring (bicyclic) bond motifs is 1. The van der Waals surface area contributed by atoms with Crippen LogP contribution in [0, 0.1) is 5.92 Å². The molecule has 1 saturated heterocycles. The van der Waals surface area contributed by atoms with E-state index in [1.54, 1.807) is 0 Å². The summed E-state index contributed by atoms with van der Waals surface area (Å²) in [5.74, 6) is 1.07. The lowest BCUT2D eigenvalue weighted by atomic mass is 9.91. The van der Waals surface area contributed by atoms with E-state index < -0.39 is 0 Å². The molecule has 1 fully saturated rings. The molecule has 5 heteroatoms. The van der Waals surface area contributed by atoms with Crippen molar-refractivity contribution in [2.75, 3.05) is 39.5 Å². The Bertz CT molecular complexity index is 449. The summed E-state index contributed by atoms with van der Waals surface area (Å²) in [6.45, 7) is 5.17. The van der Waals surface area contributed by atoms with Crippen LogP contribution in [0.3, 0.4) is 0 Å². The summed E-state index contributed by atoms with van der Waals surface area (Å²) in [6, 6.07) is 5.78. The van der Waals surface area contributed by atoms with Crippen molar-refractivity contribution in [1.82, 2.24) is 4.90 Å². The Labute approximate surface area is 118 Å². The number of halogens is 1. The molecule has 2 aliphatic rings. The summed E-state index contributed by atoms with van der Waals surface area (Å²) in [7, 11) is 0. The van der Waals surface area contributed by atoms with Gasteiger partial charge < -0.3 is 15.2 Å². The molecule has 2 aliphatic heterocycles. The lowest BCUT2D eigenvalue weighted by Gasteiger charge is -2.36. The number of ether oxygens (including phenoxy) is 2. The van der Waals surface area contributed by atoms with Crippen molar-refractivity contribution in [2.24, 2.45) is 11.7 Å². The zero-order valence-corrected chi connectivity index (χ0v) is 11.6. The number of nitrogens with zero attached hydrogens (tertiary/aromatic N) is 1. The van der Waals surface area contributed by atoms with E-state index in [2.05, 4.69) is 4.90 Å². The molecule has 2 unspecified atom stereocenters. The van der Waals surface area contributed by atoms with Gasteiger partial charge in [-0.1, -0.05) is 23.7 Å². The number of hydrogen-bond acceptors (Lipinski definition) is 4. The Morgan fingerprint density at radius 3 is 2.89 bits per heavy atom. The van der Waals surface area contributed by atoms with Gasteiger partial charge in [0.25, 0.3) is 0 Å². The fourth-order valence-corrected chi connectivity index (χ4v) is 3.01. The molecule has 2 heterocycles. The largest absolute Gasteiger partial charge is 0.491 e. The van der Waals surface area contributed by atoms with Crippen LogP contribution in [-0.2, 0) is 4.74 Å². The summed E-state index contributed by atoms with van der Waals surface area (Å²) >= 11 is 6.14. The highest BCUT2D eigenvalue weighted by molar-refractivity contribution is 6.32. The average Bonchev–Trinajstić information content (AvgIpc) is 2.44. The van der Waals surface area contributed by atoms with Crippen molar-refractivity contribution in [1.29, 1.82) is 0 Å². The maximum Gasteiger partial charge on any atom is 0.142 e. The van der Waals surface area contributed by atoms with Gasteiger partial charge in [-0.15, -0.1) is 0 Å². The minimum absolute atomic E-state index is 0.00899. The molecule has 2 N–H and O–H groups in total. The van der Waals surface area contributed by atoms with Crippen LogP contribution >= 0.6 is 11.6 Å². The lowest BCUT2D eigenvalue weighted by Crippen LogP contribution is -2.44. The molecule has 0 radical (unpaired) electrons. The van der Waals surface area contributed by atoms with Gasteiger partial charge in [0.15, 0.2) is 0 Å². The third-order valence-corrected chi connectivity index (χ3v) is 4.20. The summed E-state index contributed by atoms with van der Waals surface area (Å²) in [5, 5.41) is 0.651. The summed E-state index contributed by atoms with van der Waals surface area (Å²) < 4.78 is 11.2. The first kappa shape index (κ1) is 13.2. The van der Waals surface area contributed by atoms with Crippen molar-refractivity contribution in [3.05, 3.63) is 28.8 Å². The third kappa shape index (κ3) is 2.72. The van der Waals surface area contributed by atoms with Gasteiger partial charge in [-0.05, 0) is 6.07 Å². The molecule has 0 saturated carbocycles. The van der Waals surface area contributed by atoms with Gasteiger partial charge in [-0.2, -0.15) is 0 Å². The number of para-hydroxylation sites is 1. The second-order valence-corrected chi connectivity index (χ2v) is 5.58. The Morgan fingerprint density at radius 2 is 2.11 bits per heavy atom. The van der Waals surface area contributed by atoms with Crippen LogP contribution in [0.5, 0.6) is 5.75 Å². The Hall–Kier alpha value is -0.810. The van der Waals surface area contributed by atoms with Crippen molar-refractivity contribution in [3.8, 4) is 5.75 Å². The van der Waals surface area contributed by atoms with Gasteiger partial charge in [0.05, 0.1) is 24.8 Å². The van der Waals surface area contributed by atoms with Crippen LogP contribution in [0.1, 0.15) is 11.6 Å². The summed E-state index contributed by atoms with van der Waals surface area (Å²) in [6.07, 6.45) is 0. The van der Waals surface area contributed by atoms with Gasteiger partial charge in [-0.3, -0.25) is 4.90 Å². The van der Waals surface area contributed by atoms with Crippen LogP contribution in [0.2, 0.25) is 5.02 Å². The van der Waals surface area contributed by atoms with Crippen LogP contribution < -0.4 is 10.5 Å². The normalized spacial score (nSPS) is 27.7. The number of nitrogens with two attached hydrogens (primary N) is 1. The quantitative estimate of drug-likeness (QED) is 0.897. The second kappa shape index (κ2) is 5.67. The van der Waals surface area contributed by atoms with E-state index in [9.17, 15) is 0 Å². The predicted octanol–water partition coefficient (Wildman–Crippen LogP) is 1.68. The lowest BCUT2D eigenvalue weighted by molar-refractivity contribution is 0.0218. The van der Waals surface area contributed by atoms with Crippen LogP contribution in [0.15, 0.2) is 18.2 Å². The molecule has 3 rings (SSSR count). The van der Waals surface area contributed by atoms with Crippen molar-refractivity contribution >= 4 is 11.6 Å². The fraction of sp³-hybridized carbons (Fsp3) is 0.571. The average molecular weight is 283 g/mol. The minimum Gasteiger partial charge on any atom is -0.491 e. The van der Waals surface area contributed by atoms with E-state index in [1.807, 2.05) is 18.2 Å². The SMILES string of the molecule is NC1c2cccc(Cl)c2OCC1CN1CCOCC1. The smallest absolute Gasteiger partial charge is 0.142 e. The molecular formula is C14H19ClN2O2. The minimum atomic E-state index is -0.00899. The van der Waals surface area contributed by atoms with E-state index in [0.29, 0.717) is 17.5 Å². The third-order valence-electron chi connectivity index (χ3n) is 3.90. The molecule has 0 bridgehead atoms. The maximum atomic E-state index is 6.38. The first-order valence-corrected chi connectivity index (χ1v) is 7.10. The van der Waals surface area contributed by atoms with E-state index in [-0.39, 0.29) is 6.04 Å². The van der Waals surface area contributed by atoms with Crippen LogP contribution in [-0.4, -0.2) is 44.4 Å². The highest BCUT2D eigenvalue weighted by atomic mass is 35.5. The number of morpholine rings is 1. The Morgan fingerprint density at radius 1 is 1.32 bits per heavy atom. The summed E-state index contributed by atoms with van der Waals surface area (Å²) in [5.41, 5.74) is 7.41. The van der Waals surface area contributed by atoms with Gasteiger partial charge in [0.1, 0.15) is 5.75 Å². The molecule has 0 aromatic heterocycles. The number of benzene rings is 1. The number of hydrogen-bond donors (Lipinski definition) is 1. The van der Waals surface area contributed by atoms with Crippen molar-refractivity contribution in [3.63, 3.8) is 0 Å². The molecule has 0 spiro atoms. The Kier molecular flexibility index (Phi) is 3.93. The highest BCUT2D eigenvalue weighted by Gasteiger charge is 2.31. The first-order valence-electron chi connectivity index (χ1n) is 6.72. The van der Waals surface area contributed by atoms with E-state index in [0.717, 1.165) is 44.2 Å². The number of rotatable bonds is 2. The van der Waals surface area contributed by atoms with Gasteiger partial charge in [0.2, 0.25) is 0 Å². The highest BCUT2D eigenvalue weighted by Crippen LogP contribution is 2.38. The van der Waals surface area contributed by atoms with Gasteiger partial charge in [0, 0.05) is 37.2 Å². The zero-order chi connectivity index (χ0) is 13.2. The zero-order valence-electron chi connectivity index (χ0n) is 10.8. The van der Waals surface area contributed by atoms with E-state index in [4.69, 9.17) is 26.8 Å². The predicted molar refractivity (Wildman–Crippen MR) is 74.6 cm³/mol. The van der Waals surface area contributed by atoms with Crippen molar-refractivity contribution < 1.29 is 9.47 Å². The molecule has 104 valence electrons. The van der Waals surface area contributed by atoms with Crippen LogP contribution in [0.4, 0.5) is 0 Å². The maximum absolute atomic E-state index is 6.38. The second-order valence-electron chi connectivity index (χ2n) is 5.17.